The number of aryl methyl sites for hydroxylation is 2. The second kappa shape index (κ2) is 7.89. The van der Waals surface area contributed by atoms with E-state index in [1.165, 1.54) is 0 Å². The standard InChI is InChI=1S/C13H23N3O2/c1-5-6-8-18-9-7-14-10-12-11(2)15-16(3)13(12)17-4/h5,14H,1,6-10H2,2-4H3. The first-order chi connectivity index (χ1) is 8.70. The molecule has 0 bridgehead atoms. The number of rotatable bonds is 9. The van der Waals surface area contributed by atoms with Crippen molar-refractivity contribution in [1.82, 2.24) is 15.1 Å². The van der Waals surface area contributed by atoms with Crippen LogP contribution in [0, 0.1) is 6.92 Å². The van der Waals surface area contributed by atoms with Crippen molar-refractivity contribution in [2.45, 2.75) is 19.9 Å². The van der Waals surface area contributed by atoms with Gasteiger partial charge in [-0.1, -0.05) is 6.08 Å². The van der Waals surface area contributed by atoms with Gasteiger partial charge in [0.25, 0.3) is 0 Å². The van der Waals surface area contributed by atoms with Crippen LogP contribution in [0.3, 0.4) is 0 Å². The summed E-state index contributed by atoms with van der Waals surface area (Å²) in [5.74, 6) is 0.813. The van der Waals surface area contributed by atoms with Crippen molar-refractivity contribution in [2.24, 2.45) is 7.05 Å². The van der Waals surface area contributed by atoms with Crippen LogP contribution in [-0.2, 0) is 18.3 Å². The van der Waals surface area contributed by atoms with Crippen molar-refractivity contribution in [3.8, 4) is 5.88 Å². The lowest BCUT2D eigenvalue weighted by atomic mass is 10.2. The molecule has 0 aliphatic rings. The molecule has 102 valence electrons. The number of ether oxygens (including phenoxy) is 2. The van der Waals surface area contributed by atoms with E-state index in [2.05, 4.69) is 17.0 Å². The summed E-state index contributed by atoms with van der Waals surface area (Å²) in [4.78, 5) is 0. The molecule has 1 heterocycles. The smallest absolute Gasteiger partial charge is 0.216 e. The molecule has 1 aromatic rings. The molecule has 0 unspecified atom stereocenters. The van der Waals surface area contributed by atoms with E-state index in [1.54, 1.807) is 11.8 Å². The average molecular weight is 253 g/mol. The molecule has 0 atom stereocenters. The molecule has 0 saturated heterocycles. The number of nitrogens with zero attached hydrogens (tertiary/aromatic N) is 2. The topological polar surface area (TPSA) is 48.3 Å². The highest BCUT2D eigenvalue weighted by molar-refractivity contribution is 5.30. The highest BCUT2D eigenvalue weighted by atomic mass is 16.5. The van der Waals surface area contributed by atoms with Crippen LogP contribution < -0.4 is 10.1 Å². The molecule has 18 heavy (non-hydrogen) atoms. The normalized spacial score (nSPS) is 10.6. The van der Waals surface area contributed by atoms with E-state index in [0.717, 1.165) is 43.3 Å². The van der Waals surface area contributed by atoms with E-state index in [0.29, 0.717) is 6.61 Å². The number of nitrogens with one attached hydrogen (secondary N) is 1. The van der Waals surface area contributed by atoms with E-state index in [-0.39, 0.29) is 0 Å². The summed E-state index contributed by atoms with van der Waals surface area (Å²) < 4.78 is 12.5. The fourth-order valence-electron chi connectivity index (χ4n) is 1.77. The van der Waals surface area contributed by atoms with Gasteiger partial charge in [-0.2, -0.15) is 5.10 Å². The van der Waals surface area contributed by atoms with Crippen molar-refractivity contribution in [1.29, 1.82) is 0 Å². The van der Waals surface area contributed by atoms with Crippen molar-refractivity contribution < 1.29 is 9.47 Å². The Morgan fingerprint density at radius 3 is 2.89 bits per heavy atom. The Bertz CT molecular complexity index is 375. The van der Waals surface area contributed by atoms with Gasteiger partial charge in [-0.15, -0.1) is 6.58 Å². The molecule has 0 aromatic carbocycles. The fourth-order valence-corrected chi connectivity index (χ4v) is 1.77. The summed E-state index contributed by atoms with van der Waals surface area (Å²) in [7, 11) is 3.55. The summed E-state index contributed by atoms with van der Waals surface area (Å²) >= 11 is 0. The molecule has 0 aliphatic carbocycles. The van der Waals surface area contributed by atoms with Gasteiger partial charge in [0, 0.05) is 20.1 Å². The van der Waals surface area contributed by atoms with E-state index in [1.807, 2.05) is 20.0 Å². The summed E-state index contributed by atoms with van der Waals surface area (Å²) in [5.41, 5.74) is 2.10. The van der Waals surface area contributed by atoms with E-state index >= 15 is 0 Å². The Kier molecular flexibility index (Phi) is 6.46. The van der Waals surface area contributed by atoms with Crippen molar-refractivity contribution in [3.05, 3.63) is 23.9 Å². The van der Waals surface area contributed by atoms with Gasteiger partial charge in [0.1, 0.15) is 0 Å². The maximum Gasteiger partial charge on any atom is 0.216 e. The van der Waals surface area contributed by atoms with Gasteiger partial charge in [-0.05, 0) is 13.3 Å². The minimum absolute atomic E-state index is 0.704. The summed E-state index contributed by atoms with van der Waals surface area (Å²) in [6.45, 7) is 8.63. The zero-order valence-corrected chi connectivity index (χ0v) is 11.5. The predicted molar refractivity (Wildman–Crippen MR) is 71.8 cm³/mol. The molecule has 0 radical (unpaired) electrons. The maximum atomic E-state index is 5.42. The lowest BCUT2D eigenvalue weighted by Gasteiger charge is -2.07. The van der Waals surface area contributed by atoms with Crippen LogP contribution in [0.15, 0.2) is 12.7 Å². The molecule has 1 rings (SSSR count). The first kappa shape index (κ1) is 14.7. The number of hydrogen-bond donors (Lipinski definition) is 1. The highest BCUT2D eigenvalue weighted by Gasteiger charge is 2.12. The Morgan fingerprint density at radius 1 is 1.44 bits per heavy atom. The quantitative estimate of drug-likeness (QED) is 0.534. The molecule has 5 heteroatoms. The predicted octanol–water partition coefficient (Wildman–Crippen LogP) is 1.42. The van der Waals surface area contributed by atoms with Crippen LogP contribution >= 0.6 is 0 Å². The van der Waals surface area contributed by atoms with E-state index in [9.17, 15) is 0 Å². The summed E-state index contributed by atoms with van der Waals surface area (Å²) in [6.07, 6.45) is 2.76. The third-order valence-corrected chi connectivity index (χ3v) is 2.67. The third kappa shape index (κ3) is 4.16. The summed E-state index contributed by atoms with van der Waals surface area (Å²) in [5, 5.41) is 7.65. The second-order valence-electron chi connectivity index (χ2n) is 4.06. The van der Waals surface area contributed by atoms with Crippen LogP contribution in [-0.4, -0.2) is 36.6 Å². The minimum atomic E-state index is 0.704. The Hall–Kier alpha value is -1.33. The van der Waals surface area contributed by atoms with Crippen LogP contribution in [0.2, 0.25) is 0 Å². The molecule has 0 spiro atoms. The zero-order valence-electron chi connectivity index (χ0n) is 11.5. The maximum absolute atomic E-state index is 5.42. The monoisotopic (exact) mass is 253 g/mol. The Balaban J connectivity index is 2.29. The van der Waals surface area contributed by atoms with Crippen LogP contribution in [0.4, 0.5) is 0 Å². The molecule has 1 aromatic heterocycles. The lowest BCUT2D eigenvalue weighted by Crippen LogP contribution is -2.20. The van der Waals surface area contributed by atoms with Crippen LogP contribution in [0.1, 0.15) is 17.7 Å². The first-order valence-electron chi connectivity index (χ1n) is 6.16. The average Bonchev–Trinajstić information content (AvgIpc) is 2.62. The third-order valence-electron chi connectivity index (χ3n) is 2.67. The SMILES string of the molecule is C=CCCOCCNCc1c(C)nn(C)c1OC. The number of aromatic nitrogens is 2. The largest absolute Gasteiger partial charge is 0.481 e. The van der Waals surface area contributed by atoms with E-state index in [4.69, 9.17) is 9.47 Å². The fraction of sp³-hybridized carbons (Fsp3) is 0.615. The summed E-state index contributed by atoms with van der Waals surface area (Å²) in [6, 6.07) is 0. The highest BCUT2D eigenvalue weighted by Crippen LogP contribution is 2.20. The Labute approximate surface area is 109 Å². The van der Waals surface area contributed by atoms with Gasteiger partial charge in [-0.3, -0.25) is 0 Å². The van der Waals surface area contributed by atoms with E-state index < -0.39 is 0 Å². The van der Waals surface area contributed by atoms with Gasteiger partial charge in [0.05, 0.1) is 31.6 Å². The van der Waals surface area contributed by atoms with Gasteiger partial charge >= 0.3 is 0 Å². The van der Waals surface area contributed by atoms with Gasteiger partial charge in [-0.25, -0.2) is 4.68 Å². The molecule has 0 aliphatic heterocycles. The van der Waals surface area contributed by atoms with Gasteiger partial charge < -0.3 is 14.8 Å². The molecule has 0 amide bonds. The zero-order chi connectivity index (χ0) is 13.4. The van der Waals surface area contributed by atoms with Gasteiger partial charge in [0.15, 0.2) is 0 Å². The van der Waals surface area contributed by atoms with Crippen molar-refractivity contribution >= 4 is 0 Å². The lowest BCUT2D eigenvalue weighted by molar-refractivity contribution is 0.140. The molecule has 1 N–H and O–H groups in total. The molecular formula is C13H23N3O2. The number of hydrogen-bond acceptors (Lipinski definition) is 4. The van der Waals surface area contributed by atoms with Crippen molar-refractivity contribution in [2.75, 3.05) is 26.9 Å². The molecule has 5 nitrogen and oxygen atoms in total. The molecular weight excluding hydrogens is 230 g/mol. The van der Waals surface area contributed by atoms with Gasteiger partial charge in [0.2, 0.25) is 5.88 Å². The minimum Gasteiger partial charge on any atom is -0.481 e. The van der Waals surface area contributed by atoms with Crippen LogP contribution in [0.5, 0.6) is 5.88 Å². The Morgan fingerprint density at radius 2 is 2.22 bits per heavy atom. The second-order valence-corrected chi connectivity index (χ2v) is 4.06. The number of methoxy groups -OCH3 is 1. The van der Waals surface area contributed by atoms with Crippen LogP contribution in [0.25, 0.3) is 0 Å². The van der Waals surface area contributed by atoms with Crippen molar-refractivity contribution in [3.63, 3.8) is 0 Å². The molecule has 0 saturated carbocycles. The first-order valence-corrected chi connectivity index (χ1v) is 6.16. The molecule has 0 fully saturated rings.